The summed E-state index contributed by atoms with van der Waals surface area (Å²) in [6.45, 7) is -0.151. The van der Waals surface area contributed by atoms with Crippen LogP contribution in [0.1, 0.15) is 43.6 Å². The first kappa shape index (κ1) is 14.1. The van der Waals surface area contributed by atoms with Gasteiger partial charge >= 0.3 is 5.97 Å². The molecule has 2 atom stereocenters. The van der Waals surface area contributed by atoms with Crippen LogP contribution in [0.3, 0.4) is 0 Å². The molecule has 3 rings (SSSR count). The van der Waals surface area contributed by atoms with E-state index in [0.717, 1.165) is 32.1 Å². The van der Waals surface area contributed by atoms with Crippen molar-refractivity contribution in [2.24, 2.45) is 5.92 Å². The van der Waals surface area contributed by atoms with Crippen molar-refractivity contribution in [2.45, 2.75) is 44.1 Å². The zero-order chi connectivity index (χ0) is 14.8. The van der Waals surface area contributed by atoms with Crippen LogP contribution >= 0.6 is 0 Å². The van der Waals surface area contributed by atoms with E-state index in [1.165, 1.54) is 5.56 Å². The third-order valence-electron chi connectivity index (χ3n) is 4.69. The Morgan fingerprint density at radius 3 is 2.43 bits per heavy atom. The van der Waals surface area contributed by atoms with Crippen LogP contribution in [0.25, 0.3) is 0 Å². The van der Waals surface area contributed by atoms with Crippen molar-refractivity contribution < 1.29 is 14.7 Å². The van der Waals surface area contributed by atoms with Crippen LogP contribution in [-0.2, 0) is 9.59 Å². The van der Waals surface area contributed by atoms with Gasteiger partial charge in [-0.25, -0.2) is 0 Å². The van der Waals surface area contributed by atoms with Crippen molar-refractivity contribution in [3.8, 4) is 0 Å². The SMILES string of the molecule is O=C(O)CN(C(=O)C1CC1c1ccccc1)C1CCCC1. The molecular formula is C17H21NO3. The zero-order valence-corrected chi connectivity index (χ0v) is 12.1. The van der Waals surface area contributed by atoms with Crippen LogP contribution in [0, 0.1) is 5.92 Å². The number of carbonyl (C=O) groups is 2. The van der Waals surface area contributed by atoms with Gasteiger partial charge in [-0.3, -0.25) is 9.59 Å². The molecule has 2 saturated carbocycles. The Morgan fingerprint density at radius 1 is 1.14 bits per heavy atom. The summed E-state index contributed by atoms with van der Waals surface area (Å²) in [4.78, 5) is 25.4. The average molecular weight is 287 g/mol. The standard InChI is InChI=1S/C17H21NO3/c19-16(20)11-18(13-8-4-5-9-13)17(21)15-10-14(15)12-6-2-1-3-7-12/h1-3,6-7,13-15H,4-5,8-11H2,(H,19,20). The largest absolute Gasteiger partial charge is 0.480 e. The normalized spacial score (nSPS) is 24.8. The number of rotatable bonds is 5. The van der Waals surface area contributed by atoms with Crippen LogP contribution in [-0.4, -0.2) is 34.5 Å². The molecule has 0 aliphatic heterocycles. The van der Waals surface area contributed by atoms with Gasteiger partial charge in [-0.2, -0.15) is 0 Å². The molecule has 0 aromatic heterocycles. The summed E-state index contributed by atoms with van der Waals surface area (Å²) in [6.07, 6.45) is 4.94. The van der Waals surface area contributed by atoms with Gasteiger partial charge in [-0.1, -0.05) is 43.2 Å². The van der Waals surface area contributed by atoms with Crippen molar-refractivity contribution in [1.29, 1.82) is 0 Å². The van der Waals surface area contributed by atoms with Crippen molar-refractivity contribution in [3.05, 3.63) is 35.9 Å². The Balaban J connectivity index is 1.69. The van der Waals surface area contributed by atoms with Crippen molar-refractivity contribution in [3.63, 3.8) is 0 Å². The highest BCUT2D eigenvalue weighted by molar-refractivity contribution is 5.86. The second-order valence-corrected chi connectivity index (χ2v) is 6.16. The molecule has 1 aromatic carbocycles. The lowest BCUT2D eigenvalue weighted by molar-refractivity contribution is -0.146. The van der Waals surface area contributed by atoms with Gasteiger partial charge in [0.15, 0.2) is 0 Å². The summed E-state index contributed by atoms with van der Waals surface area (Å²) in [5.74, 6) is -0.617. The topological polar surface area (TPSA) is 57.6 Å². The first-order valence-electron chi connectivity index (χ1n) is 7.74. The third kappa shape index (κ3) is 3.09. The molecule has 4 nitrogen and oxygen atoms in total. The summed E-state index contributed by atoms with van der Waals surface area (Å²) in [5.41, 5.74) is 1.19. The van der Waals surface area contributed by atoms with E-state index in [9.17, 15) is 9.59 Å². The van der Waals surface area contributed by atoms with E-state index in [1.807, 2.05) is 18.2 Å². The third-order valence-corrected chi connectivity index (χ3v) is 4.69. The molecule has 1 N–H and O–H groups in total. The lowest BCUT2D eigenvalue weighted by Crippen LogP contribution is -2.43. The minimum atomic E-state index is -0.910. The van der Waals surface area contributed by atoms with E-state index in [1.54, 1.807) is 4.90 Å². The van der Waals surface area contributed by atoms with Crippen LogP contribution in [0.2, 0.25) is 0 Å². The smallest absolute Gasteiger partial charge is 0.323 e. The summed E-state index contributed by atoms with van der Waals surface area (Å²) in [6, 6.07) is 10.2. The molecule has 1 aromatic rings. The van der Waals surface area contributed by atoms with Crippen LogP contribution in [0.5, 0.6) is 0 Å². The fourth-order valence-electron chi connectivity index (χ4n) is 3.50. The number of aliphatic carboxylic acids is 1. The van der Waals surface area contributed by atoms with E-state index >= 15 is 0 Å². The number of hydrogen-bond donors (Lipinski definition) is 1. The molecule has 0 spiro atoms. The minimum absolute atomic E-state index is 0.0210. The zero-order valence-electron chi connectivity index (χ0n) is 12.1. The highest BCUT2D eigenvalue weighted by atomic mass is 16.4. The number of carboxylic acids is 1. The quantitative estimate of drug-likeness (QED) is 0.905. The predicted octanol–water partition coefficient (Wildman–Crippen LogP) is 2.65. The summed E-state index contributed by atoms with van der Waals surface area (Å²) in [7, 11) is 0. The first-order valence-corrected chi connectivity index (χ1v) is 7.74. The van der Waals surface area contributed by atoms with Crippen molar-refractivity contribution in [1.82, 2.24) is 4.90 Å². The monoisotopic (exact) mass is 287 g/mol. The number of benzene rings is 1. The Kier molecular flexibility index (Phi) is 3.95. The Bertz CT molecular complexity index is 522. The first-order chi connectivity index (χ1) is 10.2. The van der Waals surface area contributed by atoms with E-state index in [0.29, 0.717) is 0 Å². The Labute approximate surface area is 124 Å². The average Bonchev–Trinajstić information content (AvgIpc) is 3.11. The molecule has 0 bridgehead atoms. The molecule has 0 heterocycles. The molecule has 2 aliphatic carbocycles. The van der Waals surface area contributed by atoms with Gasteiger partial charge in [0, 0.05) is 12.0 Å². The number of hydrogen-bond acceptors (Lipinski definition) is 2. The van der Waals surface area contributed by atoms with Gasteiger partial charge in [-0.15, -0.1) is 0 Å². The van der Waals surface area contributed by atoms with Crippen LogP contribution < -0.4 is 0 Å². The molecule has 1 amide bonds. The molecule has 2 aliphatic rings. The maximum absolute atomic E-state index is 12.7. The summed E-state index contributed by atoms with van der Waals surface area (Å²) < 4.78 is 0. The highest BCUT2D eigenvalue weighted by Crippen LogP contribution is 2.48. The number of amides is 1. The van der Waals surface area contributed by atoms with E-state index < -0.39 is 5.97 Å². The van der Waals surface area contributed by atoms with Crippen molar-refractivity contribution >= 4 is 11.9 Å². The molecule has 0 saturated heterocycles. The Morgan fingerprint density at radius 2 is 1.81 bits per heavy atom. The molecule has 2 unspecified atom stereocenters. The fourth-order valence-corrected chi connectivity index (χ4v) is 3.50. The van der Waals surface area contributed by atoms with Gasteiger partial charge in [-0.05, 0) is 30.7 Å². The maximum Gasteiger partial charge on any atom is 0.323 e. The lowest BCUT2D eigenvalue weighted by Gasteiger charge is -2.27. The molecule has 2 fully saturated rings. The molecule has 112 valence electrons. The Hall–Kier alpha value is -1.84. The maximum atomic E-state index is 12.7. The number of carbonyl (C=O) groups excluding carboxylic acids is 1. The van der Waals surface area contributed by atoms with E-state index in [4.69, 9.17) is 5.11 Å². The summed E-state index contributed by atoms with van der Waals surface area (Å²) >= 11 is 0. The summed E-state index contributed by atoms with van der Waals surface area (Å²) in [5, 5.41) is 9.08. The fraction of sp³-hybridized carbons (Fsp3) is 0.529. The van der Waals surface area contributed by atoms with Crippen molar-refractivity contribution in [2.75, 3.05) is 6.54 Å². The van der Waals surface area contributed by atoms with E-state index in [-0.39, 0.29) is 30.3 Å². The lowest BCUT2D eigenvalue weighted by atomic mass is 10.1. The van der Waals surface area contributed by atoms with Crippen LogP contribution in [0.4, 0.5) is 0 Å². The van der Waals surface area contributed by atoms with Gasteiger partial charge in [0.2, 0.25) is 5.91 Å². The van der Waals surface area contributed by atoms with Gasteiger partial charge in [0.1, 0.15) is 6.54 Å². The molecular weight excluding hydrogens is 266 g/mol. The number of nitrogens with zero attached hydrogens (tertiary/aromatic N) is 1. The van der Waals surface area contributed by atoms with Gasteiger partial charge < -0.3 is 10.0 Å². The predicted molar refractivity (Wildman–Crippen MR) is 78.9 cm³/mol. The second kappa shape index (κ2) is 5.88. The van der Waals surface area contributed by atoms with Gasteiger partial charge in [0.05, 0.1) is 0 Å². The molecule has 4 heteroatoms. The second-order valence-electron chi connectivity index (χ2n) is 6.16. The van der Waals surface area contributed by atoms with Gasteiger partial charge in [0.25, 0.3) is 0 Å². The highest BCUT2D eigenvalue weighted by Gasteiger charge is 2.47. The number of carboxylic acid groups (broad SMARTS) is 1. The molecule has 0 radical (unpaired) electrons. The molecule has 21 heavy (non-hydrogen) atoms. The minimum Gasteiger partial charge on any atom is -0.480 e. The van der Waals surface area contributed by atoms with Crippen LogP contribution in [0.15, 0.2) is 30.3 Å². The van der Waals surface area contributed by atoms with E-state index in [2.05, 4.69) is 12.1 Å².